The number of aryl methyl sites for hydroxylation is 2. The van der Waals surface area contributed by atoms with E-state index < -0.39 is 5.97 Å². The summed E-state index contributed by atoms with van der Waals surface area (Å²) < 4.78 is 0. The van der Waals surface area contributed by atoms with Crippen molar-refractivity contribution in [1.29, 1.82) is 0 Å². The van der Waals surface area contributed by atoms with Gasteiger partial charge in [0.05, 0.1) is 17.8 Å². The van der Waals surface area contributed by atoms with E-state index in [1.807, 2.05) is 32.0 Å². The number of nitrogens with zero attached hydrogens (tertiary/aromatic N) is 1. The Labute approximate surface area is 122 Å². The monoisotopic (exact) mass is 284 g/mol. The maximum Gasteiger partial charge on any atom is 0.335 e. The number of hydrogen-bond donors (Lipinski definition) is 2. The minimum absolute atomic E-state index is 0.154. The van der Waals surface area contributed by atoms with Gasteiger partial charge in [-0.2, -0.15) is 0 Å². The number of aromatic carboxylic acids is 1. The standard InChI is InChI=1S/C16H16N2O3/c1-10-3-4-11(2)14(7-10)15(19)18-9-13-8-12(16(20)21)5-6-17-13/h3-8H,9H2,1-2H3,(H,18,19)(H,20,21). The molecule has 0 atom stereocenters. The lowest BCUT2D eigenvalue weighted by Crippen LogP contribution is -2.24. The van der Waals surface area contributed by atoms with Gasteiger partial charge in [-0.3, -0.25) is 9.78 Å². The van der Waals surface area contributed by atoms with Crippen LogP contribution in [0.4, 0.5) is 0 Å². The second-order valence-corrected chi connectivity index (χ2v) is 4.84. The van der Waals surface area contributed by atoms with Crippen molar-refractivity contribution in [2.75, 3.05) is 0 Å². The van der Waals surface area contributed by atoms with Crippen molar-refractivity contribution in [1.82, 2.24) is 10.3 Å². The first-order valence-corrected chi connectivity index (χ1v) is 6.51. The zero-order valence-electron chi connectivity index (χ0n) is 11.9. The Balaban J connectivity index is 2.09. The lowest BCUT2D eigenvalue weighted by Gasteiger charge is -2.08. The van der Waals surface area contributed by atoms with Crippen LogP contribution < -0.4 is 5.32 Å². The molecule has 2 rings (SSSR count). The Morgan fingerprint density at radius 2 is 1.95 bits per heavy atom. The summed E-state index contributed by atoms with van der Waals surface area (Å²) in [7, 11) is 0. The van der Waals surface area contributed by atoms with Crippen LogP contribution in [-0.4, -0.2) is 22.0 Å². The van der Waals surface area contributed by atoms with E-state index in [0.717, 1.165) is 11.1 Å². The van der Waals surface area contributed by atoms with Crippen molar-refractivity contribution >= 4 is 11.9 Å². The number of benzene rings is 1. The van der Waals surface area contributed by atoms with E-state index in [9.17, 15) is 9.59 Å². The molecule has 0 bridgehead atoms. The van der Waals surface area contributed by atoms with Crippen molar-refractivity contribution in [3.63, 3.8) is 0 Å². The molecule has 1 amide bonds. The highest BCUT2D eigenvalue weighted by Crippen LogP contribution is 2.11. The van der Waals surface area contributed by atoms with E-state index in [-0.39, 0.29) is 18.0 Å². The topological polar surface area (TPSA) is 79.3 Å². The fourth-order valence-electron chi connectivity index (χ4n) is 1.95. The summed E-state index contributed by atoms with van der Waals surface area (Å²) in [5.41, 5.74) is 3.18. The second kappa shape index (κ2) is 6.17. The van der Waals surface area contributed by atoms with E-state index in [0.29, 0.717) is 11.3 Å². The molecule has 0 aliphatic rings. The Kier molecular flexibility index (Phi) is 4.33. The molecule has 2 aromatic rings. The normalized spacial score (nSPS) is 10.2. The highest BCUT2D eigenvalue weighted by atomic mass is 16.4. The van der Waals surface area contributed by atoms with Gasteiger partial charge < -0.3 is 10.4 Å². The molecule has 5 nitrogen and oxygen atoms in total. The Morgan fingerprint density at radius 1 is 1.19 bits per heavy atom. The van der Waals surface area contributed by atoms with Crippen LogP contribution >= 0.6 is 0 Å². The van der Waals surface area contributed by atoms with E-state index in [1.165, 1.54) is 18.3 Å². The molecule has 0 unspecified atom stereocenters. The first kappa shape index (κ1) is 14.7. The molecule has 0 fully saturated rings. The van der Waals surface area contributed by atoms with Crippen LogP contribution in [0.15, 0.2) is 36.5 Å². The second-order valence-electron chi connectivity index (χ2n) is 4.84. The van der Waals surface area contributed by atoms with Gasteiger partial charge in [-0.25, -0.2) is 4.79 Å². The zero-order valence-corrected chi connectivity index (χ0v) is 11.9. The third-order valence-corrected chi connectivity index (χ3v) is 3.13. The van der Waals surface area contributed by atoms with Gasteiger partial charge in [0.2, 0.25) is 0 Å². The molecule has 0 aliphatic heterocycles. The molecule has 0 saturated heterocycles. The number of pyridine rings is 1. The molecule has 1 heterocycles. The van der Waals surface area contributed by atoms with E-state index in [1.54, 1.807) is 0 Å². The molecular formula is C16H16N2O3. The highest BCUT2D eigenvalue weighted by molar-refractivity contribution is 5.95. The number of hydrogen-bond acceptors (Lipinski definition) is 3. The molecule has 21 heavy (non-hydrogen) atoms. The number of nitrogens with one attached hydrogen (secondary N) is 1. The van der Waals surface area contributed by atoms with Crippen molar-refractivity contribution in [2.45, 2.75) is 20.4 Å². The molecule has 2 N–H and O–H groups in total. The predicted octanol–water partition coefficient (Wildman–Crippen LogP) is 2.33. The minimum atomic E-state index is -1.01. The van der Waals surface area contributed by atoms with E-state index in [2.05, 4.69) is 10.3 Å². The van der Waals surface area contributed by atoms with Crippen LogP contribution in [-0.2, 0) is 6.54 Å². The van der Waals surface area contributed by atoms with E-state index in [4.69, 9.17) is 5.11 Å². The summed E-state index contributed by atoms with van der Waals surface area (Å²) in [5, 5.41) is 11.7. The summed E-state index contributed by atoms with van der Waals surface area (Å²) in [4.78, 5) is 27.1. The molecular weight excluding hydrogens is 268 g/mol. The van der Waals surface area contributed by atoms with Crippen LogP contribution in [0.1, 0.15) is 37.5 Å². The molecule has 0 radical (unpaired) electrons. The number of rotatable bonds is 4. The van der Waals surface area contributed by atoms with Gasteiger partial charge in [0.25, 0.3) is 5.91 Å². The summed E-state index contributed by atoms with van der Waals surface area (Å²) >= 11 is 0. The van der Waals surface area contributed by atoms with Crippen LogP contribution in [0.2, 0.25) is 0 Å². The molecule has 0 saturated carbocycles. The zero-order chi connectivity index (χ0) is 15.4. The summed E-state index contributed by atoms with van der Waals surface area (Å²) in [5.74, 6) is -1.21. The minimum Gasteiger partial charge on any atom is -0.478 e. The van der Waals surface area contributed by atoms with Crippen LogP contribution in [0, 0.1) is 13.8 Å². The summed E-state index contributed by atoms with van der Waals surface area (Å²) in [6, 6.07) is 8.54. The number of amides is 1. The van der Waals surface area contributed by atoms with Crippen LogP contribution in [0.5, 0.6) is 0 Å². The Hall–Kier alpha value is -2.69. The first-order chi connectivity index (χ1) is 9.97. The number of carbonyl (C=O) groups excluding carboxylic acids is 1. The van der Waals surface area contributed by atoms with Gasteiger partial charge in [0.15, 0.2) is 0 Å². The van der Waals surface area contributed by atoms with Gasteiger partial charge >= 0.3 is 5.97 Å². The molecule has 0 spiro atoms. The lowest BCUT2D eigenvalue weighted by atomic mass is 10.1. The maximum atomic E-state index is 12.2. The Bertz CT molecular complexity index is 696. The lowest BCUT2D eigenvalue weighted by molar-refractivity contribution is 0.0696. The third-order valence-electron chi connectivity index (χ3n) is 3.13. The number of carboxylic acids is 1. The number of aromatic nitrogens is 1. The summed E-state index contributed by atoms with van der Waals surface area (Å²) in [6.45, 7) is 3.99. The largest absolute Gasteiger partial charge is 0.478 e. The van der Waals surface area contributed by atoms with Crippen molar-refractivity contribution < 1.29 is 14.7 Å². The molecule has 1 aromatic carbocycles. The first-order valence-electron chi connectivity index (χ1n) is 6.51. The van der Waals surface area contributed by atoms with Crippen molar-refractivity contribution in [3.8, 4) is 0 Å². The molecule has 108 valence electrons. The van der Waals surface area contributed by atoms with E-state index >= 15 is 0 Å². The summed E-state index contributed by atoms with van der Waals surface area (Å²) in [6.07, 6.45) is 1.42. The van der Waals surface area contributed by atoms with Gasteiger partial charge in [0.1, 0.15) is 0 Å². The van der Waals surface area contributed by atoms with Crippen molar-refractivity contribution in [2.24, 2.45) is 0 Å². The molecule has 1 aromatic heterocycles. The quantitative estimate of drug-likeness (QED) is 0.903. The van der Waals surface area contributed by atoms with Gasteiger partial charge in [-0.1, -0.05) is 17.7 Å². The van der Waals surface area contributed by atoms with Gasteiger partial charge in [-0.05, 0) is 37.6 Å². The average molecular weight is 284 g/mol. The smallest absolute Gasteiger partial charge is 0.335 e. The van der Waals surface area contributed by atoms with Crippen LogP contribution in [0.25, 0.3) is 0 Å². The molecule has 5 heteroatoms. The number of carboxylic acid groups (broad SMARTS) is 1. The van der Waals surface area contributed by atoms with Crippen molar-refractivity contribution in [3.05, 3.63) is 64.5 Å². The SMILES string of the molecule is Cc1ccc(C)c(C(=O)NCc2cc(C(=O)O)ccn2)c1. The number of carbonyl (C=O) groups is 2. The van der Waals surface area contributed by atoms with Crippen LogP contribution in [0.3, 0.4) is 0 Å². The predicted molar refractivity (Wildman–Crippen MR) is 78.3 cm³/mol. The Morgan fingerprint density at radius 3 is 2.67 bits per heavy atom. The highest BCUT2D eigenvalue weighted by Gasteiger charge is 2.10. The van der Waals surface area contributed by atoms with Gasteiger partial charge in [0, 0.05) is 11.8 Å². The maximum absolute atomic E-state index is 12.2. The third kappa shape index (κ3) is 3.66. The molecule has 0 aliphatic carbocycles. The average Bonchev–Trinajstić information content (AvgIpc) is 2.47. The van der Waals surface area contributed by atoms with Gasteiger partial charge in [-0.15, -0.1) is 0 Å². The fourth-order valence-corrected chi connectivity index (χ4v) is 1.95. The fraction of sp³-hybridized carbons (Fsp3) is 0.188.